The summed E-state index contributed by atoms with van der Waals surface area (Å²) in [7, 11) is 0. The van der Waals surface area contributed by atoms with E-state index >= 15 is 0 Å². The third-order valence-corrected chi connectivity index (χ3v) is 2.62. The predicted octanol–water partition coefficient (Wildman–Crippen LogP) is 3.08. The molecule has 21 heavy (non-hydrogen) atoms. The van der Waals surface area contributed by atoms with Crippen molar-refractivity contribution in [1.29, 1.82) is 0 Å². The minimum absolute atomic E-state index is 0.273. The molecule has 1 aromatic heterocycles. The number of nitrogens with one attached hydrogen (secondary N) is 1. The molecule has 0 atom stereocenters. The zero-order valence-corrected chi connectivity index (χ0v) is 12.1. The van der Waals surface area contributed by atoms with Crippen LogP contribution in [0.25, 0.3) is 0 Å². The molecule has 0 bridgehead atoms. The highest BCUT2D eigenvalue weighted by Crippen LogP contribution is 2.13. The quantitative estimate of drug-likeness (QED) is 0.655. The Morgan fingerprint density at radius 1 is 1.33 bits per heavy atom. The molecule has 2 aromatic rings. The van der Waals surface area contributed by atoms with E-state index < -0.39 is 0 Å². The highest BCUT2D eigenvalue weighted by molar-refractivity contribution is 5.94. The van der Waals surface area contributed by atoms with Gasteiger partial charge < -0.3 is 9.15 Å². The van der Waals surface area contributed by atoms with Crippen molar-refractivity contribution >= 4 is 12.1 Å². The molecule has 0 aliphatic rings. The number of amides is 1. The van der Waals surface area contributed by atoms with Gasteiger partial charge in [-0.3, -0.25) is 4.79 Å². The minimum Gasteiger partial charge on any atom is -0.493 e. The van der Waals surface area contributed by atoms with Gasteiger partial charge in [-0.05, 0) is 36.2 Å². The van der Waals surface area contributed by atoms with E-state index in [4.69, 9.17) is 9.15 Å². The van der Waals surface area contributed by atoms with E-state index in [-0.39, 0.29) is 5.91 Å². The van der Waals surface area contributed by atoms with E-state index in [0.29, 0.717) is 18.1 Å². The van der Waals surface area contributed by atoms with E-state index in [1.807, 2.05) is 0 Å². The van der Waals surface area contributed by atoms with E-state index in [1.165, 1.54) is 12.5 Å². The Bertz CT molecular complexity index is 586. The molecule has 1 N–H and O–H groups in total. The van der Waals surface area contributed by atoms with Crippen LogP contribution in [0.3, 0.4) is 0 Å². The molecule has 5 nitrogen and oxygen atoms in total. The summed E-state index contributed by atoms with van der Waals surface area (Å²) in [6.45, 7) is 4.82. The van der Waals surface area contributed by atoms with Crippen LogP contribution in [0.5, 0.6) is 5.75 Å². The molecule has 0 spiro atoms. The number of furan rings is 1. The van der Waals surface area contributed by atoms with Crippen LogP contribution >= 0.6 is 0 Å². The Balaban J connectivity index is 1.87. The zero-order chi connectivity index (χ0) is 15.1. The predicted molar refractivity (Wildman–Crippen MR) is 80.5 cm³/mol. The summed E-state index contributed by atoms with van der Waals surface area (Å²) >= 11 is 0. The smallest absolute Gasteiger partial charge is 0.271 e. The second kappa shape index (κ2) is 7.28. The molecule has 0 aliphatic carbocycles. The average Bonchev–Trinajstić information content (AvgIpc) is 2.99. The molecule has 0 aliphatic heterocycles. The summed E-state index contributed by atoms with van der Waals surface area (Å²) in [6, 6.07) is 8.71. The highest BCUT2D eigenvalue weighted by atomic mass is 16.5. The third-order valence-electron chi connectivity index (χ3n) is 2.62. The Morgan fingerprint density at radius 2 is 2.10 bits per heavy atom. The van der Waals surface area contributed by atoms with Crippen molar-refractivity contribution in [3.05, 3.63) is 54.0 Å². The molecular formula is C16H18N2O3. The first kappa shape index (κ1) is 14.8. The van der Waals surface area contributed by atoms with Crippen molar-refractivity contribution in [1.82, 2.24) is 5.43 Å². The van der Waals surface area contributed by atoms with Crippen molar-refractivity contribution in [2.24, 2.45) is 11.0 Å². The Morgan fingerprint density at radius 3 is 2.71 bits per heavy atom. The summed E-state index contributed by atoms with van der Waals surface area (Å²) < 4.78 is 10.5. The van der Waals surface area contributed by atoms with Crippen LogP contribution in [0.15, 0.2) is 52.4 Å². The van der Waals surface area contributed by atoms with Gasteiger partial charge in [0.1, 0.15) is 5.75 Å². The molecule has 0 radical (unpaired) electrons. The van der Waals surface area contributed by atoms with Crippen molar-refractivity contribution < 1.29 is 13.9 Å². The summed E-state index contributed by atoms with van der Waals surface area (Å²) in [4.78, 5) is 11.9. The highest BCUT2D eigenvalue weighted by Gasteiger charge is 2.04. The Kier molecular flexibility index (Phi) is 5.15. The van der Waals surface area contributed by atoms with Crippen LogP contribution in [0.2, 0.25) is 0 Å². The number of carbonyl (C=O) groups is 1. The lowest BCUT2D eigenvalue weighted by Gasteiger charge is -2.08. The molecule has 1 amide bonds. The van der Waals surface area contributed by atoms with Gasteiger partial charge in [0, 0.05) is 11.1 Å². The molecule has 0 saturated heterocycles. The number of benzene rings is 1. The first-order valence-corrected chi connectivity index (χ1v) is 6.73. The number of ether oxygens (including phenoxy) is 1. The van der Waals surface area contributed by atoms with Crippen molar-refractivity contribution in [3.63, 3.8) is 0 Å². The lowest BCUT2D eigenvalue weighted by atomic mass is 10.2. The van der Waals surface area contributed by atoms with Gasteiger partial charge in [0.05, 0.1) is 25.3 Å². The zero-order valence-electron chi connectivity index (χ0n) is 12.1. The van der Waals surface area contributed by atoms with E-state index in [1.54, 1.807) is 36.6 Å². The van der Waals surface area contributed by atoms with Crippen molar-refractivity contribution in [2.45, 2.75) is 13.8 Å². The van der Waals surface area contributed by atoms with Crippen LogP contribution in [-0.2, 0) is 0 Å². The maximum atomic E-state index is 11.9. The first-order valence-electron chi connectivity index (χ1n) is 6.73. The van der Waals surface area contributed by atoms with Gasteiger partial charge in [-0.2, -0.15) is 5.10 Å². The third kappa shape index (κ3) is 4.80. The van der Waals surface area contributed by atoms with Gasteiger partial charge in [0.15, 0.2) is 0 Å². The van der Waals surface area contributed by atoms with Gasteiger partial charge in [-0.15, -0.1) is 0 Å². The van der Waals surface area contributed by atoms with Gasteiger partial charge >= 0.3 is 0 Å². The summed E-state index contributed by atoms with van der Waals surface area (Å²) in [5.74, 6) is 0.942. The fourth-order valence-electron chi connectivity index (χ4n) is 1.54. The van der Waals surface area contributed by atoms with E-state index in [9.17, 15) is 4.79 Å². The van der Waals surface area contributed by atoms with Gasteiger partial charge in [-0.1, -0.05) is 13.8 Å². The van der Waals surface area contributed by atoms with Crippen molar-refractivity contribution in [2.75, 3.05) is 6.61 Å². The number of hydrazone groups is 1. The Hall–Kier alpha value is -2.56. The minimum atomic E-state index is -0.273. The van der Waals surface area contributed by atoms with Crippen LogP contribution in [0.4, 0.5) is 0 Å². The molecule has 2 rings (SSSR count). The normalized spacial score (nSPS) is 11.0. The van der Waals surface area contributed by atoms with Crippen LogP contribution in [0.1, 0.15) is 29.8 Å². The second-order valence-electron chi connectivity index (χ2n) is 4.99. The summed E-state index contributed by atoms with van der Waals surface area (Å²) in [5, 5.41) is 3.86. The van der Waals surface area contributed by atoms with Crippen LogP contribution < -0.4 is 10.2 Å². The molecule has 0 fully saturated rings. The monoisotopic (exact) mass is 286 g/mol. The molecular weight excluding hydrogens is 268 g/mol. The molecule has 0 unspecified atom stereocenters. The SMILES string of the molecule is CC(C)COc1ccc(C(=O)NN=Cc2ccoc2)cc1. The topological polar surface area (TPSA) is 63.8 Å². The molecule has 5 heteroatoms. The molecule has 1 heterocycles. The first-order chi connectivity index (χ1) is 10.1. The number of hydrogen-bond acceptors (Lipinski definition) is 4. The molecule has 0 saturated carbocycles. The summed E-state index contributed by atoms with van der Waals surface area (Å²) in [6.07, 6.45) is 4.59. The number of hydrogen-bond donors (Lipinski definition) is 1. The number of rotatable bonds is 6. The fraction of sp³-hybridized carbons (Fsp3) is 0.250. The maximum Gasteiger partial charge on any atom is 0.271 e. The van der Waals surface area contributed by atoms with Crippen LogP contribution in [0, 0.1) is 5.92 Å². The lowest BCUT2D eigenvalue weighted by Crippen LogP contribution is -2.17. The van der Waals surface area contributed by atoms with Crippen molar-refractivity contribution in [3.8, 4) is 5.75 Å². The number of carbonyl (C=O) groups excluding carboxylic acids is 1. The molecule has 1 aromatic carbocycles. The summed E-state index contributed by atoms with van der Waals surface area (Å²) in [5.41, 5.74) is 3.76. The van der Waals surface area contributed by atoms with Gasteiger partial charge in [0.25, 0.3) is 5.91 Å². The lowest BCUT2D eigenvalue weighted by molar-refractivity contribution is 0.0955. The maximum absolute atomic E-state index is 11.9. The average molecular weight is 286 g/mol. The van der Waals surface area contributed by atoms with Crippen LogP contribution in [-0.4, -0.2) is 18.7 Å². The Labute approximate surface area is 123 Å². The van der Waals surface area contributed by atoms with E-state index in [0.717, 1.165) is 11.3 Å². The second-order valence-corrected chi connectivity index (χ2v) is 4.99. The largest absolute Gasteiger partial charge is 0.493 e. The van der Waals surface area contributed by atoms with Gasteiger partial charge in [0.2, 0.25) is 0 Å². The molecule has 110 valence electrons. The number of nitrogens with zero attached hydrogens (tertiary/aromatic N) is 1. The van der Waals surface area contributed by atoms with Gasteiger partial charge in [-0.25, -0.2) is 5.43 Å². The van der Waals surface area contributed by atoms with E-state index in [2.05, 4.69) is 24.4 Å². The fourth-order valence-corrected chi connectivity index (χ4v) is 1.54. The standard InChI is InChI=1S/C16H18N2O3/c1-12(2)10-21-15-5-3-14(4-6-15)16(19)18-17-9-13-7-8-20-11-13/h3-9,11-12H,10H2,1-2H3,(H,18,19).